The summed E-state index contributed by atoms with van der Waals surface area (Å²) in [5.41, 5.74) is -1.06. The van der Waals surface area contributed by atoms with Crippen LogP contribution < -0.4 is 0 Å². The van der Waals surface area contributed by atoms with Crippen LogP contribution >= 0.6 is 0 Å². The smallest absolute Gasteiger partial charge is 0.410 e. The minimum Gasteiger partial charge on any atom is -0.444 e. The van der Waals surface area contributed by atoms with Crippen molar-refractivity contribution in [3.8, 4) is 0 Å². The van der Waals surface area contributed by atoms with E-state index in [1.165, 1.54) is 22.6 Å². The van der Waals surface area contributed by atoms with E-state index in [4.69, 9.17) is 4.74 Å². The van der Waals surface area contributed by atoms with Crippen molar-refractivity contribution in [3.63, 3.8) is 0 Å². The van der Waals surface area contributed by atoms with Crippen LogP contribution in [0.2, 0.25) is 0 Å². The van der Waals surface area contributed by atoms with Crippen molar-refractivity contribution in [1.82, 2.24) is 14.2 Å². The second kappa shape index (κ2) is 7.67. The van der Waals surface area contributed by atoms with Crippen molar-refractivity contribution in [2.24, 2.45) is 0 Å². The van der Waals surface area contributed by atoms with Crippen molar-refractivity contribution in [1.29, 1.82) is 0 Å². The van der Waals surface area contributed by atoms with Gasteiger partial charge >= 0.3 is 6.09 Å². The number of amides is 1. The van der Waals surface area contributed by atoms with E-state index in [0.717, 1.165) is 6.20 Å². The molecule has 0 spiro atoms. The normalized spacial score (nSPS) is 22.3. The molecule has 3 heterocycles. The molecule has 0 saturated carbocycles. The number of rotatable bonds is 3. The number of halogens is 2. The zero-order valence-corrected chi connectivity index (χ0v) is 18.4. The molecule has 2 fully saturated rings. The molecular formula is C21H25F2N3O4S. The fraction of sp³-hybridized carbons (Fsp3) is 0.524. The molecule has 2 atom stereocenters. The Morgan fingerprint density at radius 3 is 2.55 bits per heavy atom. The number of carbonyl (C=O) groups is 1. The highest BCUT2D eigenvalue weighted by atomic mass is 32.2. The lowest BCUT2D eigenvalue weighted by Crippen LogP contribution is -2.43. The van der Waals surface area contributed by atoms with Gasteiger partial charge in [-0.2, -0.15) is 4.31 Å². The molecule has 10 heteroatoms. The number of ether oxygens (including phenoxy) is 1. The zero-order valence-electron chi connectivity index (χ0n) is 17.6. The van der Waals surface area contributed by atoms with E-state index in [9.17, 15) is 22.0 Å². The van der Waals surface area contributed by atoms with Crippen LogP contribution in [0.5, 0.6) is 0 Å². The fourth-order valence-electron chi connectivity index (χ4n) is 4.53. The highest BCUT2D eigenvalue weighted by Gasteiger charge is 2.50. The number of fused-ring (bicyclic) bond motifs is 2. The Bertz CT molecular complexity index is 1110. The summed E-state index contributed by atoms with van der Waals surface area (Å²) in [6, 6.07) is 3.75. The van der Waals surface area contributed by atoms with Gasteiger partial charge in [0.2, 0.25) is 10.0 Å². The molecule has 0 bridgehead atoms. The lowest BCUT2D eigenvalue weighted by Gasteiger charge is -2.28. The van der Waals surface area contributed by atoms with E-state index >= 15 is 0 Å². The van der Waals surface area contributed by atoms with Gasteiger partial charge in [-0.3, -0.25) is 4.98 Å². The van der Waals surface area contributed by atoms with Gasteiger partial charge in [0.05, 0.1) is 10.9 Å². The third kappa shape index (κ3) is 3.87. The Balaban J connectivity index is 1.68. The summed E-state index contributed by atoms with van der Waals surface area (Å²) >= 11 is 0. The topological polar surface area (TPSA) is 79.8 Å². The van der Waals surface area contributed by atoms with Crippen LogP contribution in [-0.4, -0.2) is 59.5 Å². The molecule has 2 aliphatic heterocycles. The maximum atomic E-state index is 13.6. The van der Waals surface area contributed by atoms with Gasteiger partial charge in [-0.15, -0.1) is 0 Å². The van der Waals surface area contributed by atoms with Gasteiger partial charge in [0.25, 0.3) is 6.43 Å². The van der Waals surface area contributed by atoms with Gasteiger partial charge in [-0.25, -0.2) is 22.0 Å². The first-order valence-electron chi connectivity index (χ1n) is 10.2. The first-order chi connectivity index (χ1) is 14.5. The first kappa shape index (κ1) is 21.9. The van der Waals surface area contributed by atoms with Gasteiger partial charge in [0, 0.05) is 47.9 Å². The van der Waals surface area contributed by atoms with Crippen LogP contribution in [0, 0.1) is 0 Å². The lowest BCUT2D eigenvalue weighted by atomic mass is 10.1. The molecule has 1 aromatic carbocycles. The van der Waals surface area contributed by atoms with Crippen LogP contribution in [0.25, 0.3) is 10.8 Å². The number of hydrogen-bond donors (Lipinski definition) is 0. The summed E-state index contributed by atoms with van der Waals surface area (Å²) in [4.78, 5) is 17.8. The van der Waals surface area contributed by atoms with Crippen LogP contribution in [0.15, 0.2) is 35.5 Å². The van der Waals surface area contributed by atoms with Crippen molar-refractivity contribution >= 4 is 26.9 Å². The molecule has 0 aliphatic carbocycles. The monoisotopic (exact) mass is 453 g/mol. The van der Waals surface area contributed by atoms with Gasteiger partial charge < -0.3 is 9.64 Å². The summed E-state index contributed by atoms with van der Waals surface area (Å²) in [5.74, 6) is 0. The van der Waals surface area contributed by atoms with Crippen LogP contribution in [0.1, 0.15) is 45.6 Å². The minimum atomic E-state index is -4.07. The van der Waals surface area contributed by atoms with Gasteiger partial charge in [0.15, 0.2) is 0 Å². The molecule has 2 aliphatic rings. The summed E-state index contributed by atoms with van der Waals surface area (Å²) in [5, 5.41) is 0.342. The number of benzene rings is 1. The third-order valence-electron chi connectivity index (χ3n) is 5.75. The first-order valence-corrected chi connectivity index (χ1v) is 11.6. The number of hydrogen-bond acceptors (Lipinski definition) is 5. The molecule has 168 valence electrons. The number of carbonyl (C=O) groups excluding carboxylic acids is 1. The van der Waals surface area contributed by atoms with Crippen LogP contribution in [-0.2, 0) is 14.8 Å². The SMILES string of the molecule is CC(C)(C)OC(=O)N1CCC2C1CCN2S(=O)(=O)c1cccc2cncc(C(F)F)c12. The van der Waals surface area contributed by atoms with Crippen molar-refractivity contribution in [2.45, 2.75) is 62.6 Å². The number of alkyl halides is 2. The molecule has 0 N–H and O–H groups in total. The molecule has 2 saturated heterocycles. The van der Waals surface area contributed by atoms with Gasteiger partial charge in [-0.05, 0) is 39.7 Å². The number of sulfonamides is 1. The van der Waals surface area contributed by atoms with Gasteiger partial charge in [0.1, 0.15) is 5.60 Å². The molecule has 31 heavy (non-hydrogen) atoms. The van der Waals surface area contributed by atoms with Crippen molar-refractivity contribution in [2.75, 3.05) is 13.1 Å². The molecule has 2 unspecified atom stereocenters. The minimum absolute atomic E-state index is 0.00190. The largest absolute Gasteiger partial charge is 0.444 e. The predicted molar refractivity (Wildman–Crippen MR) is 110 cm³/mol. The number of likely N-dealkylation sites (tertiary alicyclic amines) is 1. The standard InChI is InChI=1S/C21H25F2N3O4S/c1-21(2,3)30-20(27)25-9-7-16-15(25)8-10-26(16)31(28,29)17-6-4-5-13-11-24-12-14(18(13)17)19(22)23/h4-6,11-12,15-16,19H,7-10H2,1-3H3. The summed E-state index contributed by atoms with van der Waals surface area (Å²) < 4.78 is 61.3. The van der Waals surface area contributed by atoms with Crippen molar-refractivity contribution in [3.05, 3.63) is 36.2 Å². The molecule has 1 aromatic heterocycles. The van der Waals surface area contributed by atoms with Crippen LogP contribution in [0.4, 0.5) is 13.6 Å². The molecule has 7 nitrogen and oxygen atoms in total. The van der Waals surface area contributed by atoms with E-state index in [-0.39, 0.29) is 22.9 Å². The van der Waals surface area contributed by atoms with Crippen molar-refractivity contribution < 1.29 is 26.7 Å². The molecule has 0 radical (unpaired) electrons. The molecular weight excluding hydrogens is 428 g/mol. The lowest BCUT2D eigenvalue weighted by molar-refractivity contribution is 0.0225. The average molecular weight is 454 g/mol. The van der Waals surface area contributed by atoms with E-state index in [2.05, 4.69) is 4.98 Å². The Labute approximate surface area is 180 Å². The van der Waals surface area contributed by atoms with E-state index in [0.29, 0.717) is 24.8 Å². The molecule has 4 rings (SSSR count). The Kier molecular flexibility index (Phi) is 5.41. The second-order valence-corrected chi connectivity index (χ2v) is 10.7. The van der Waals surface area contributed by atoms with Gasteiger partial charge in [-0.1, -0.05) is 12.1 Å². The predicted octanol–water partition coefficient (Wildman–Crippen LogP) is 3.94. The Morgan fingerprint density at radius 2 is 1.87 bits per heavy atom. The Hall–Kier alpha value is -2.33. The highest BCUT2D eigenvalue weighted by Crippen LogP contribution is 2.39. The quantitative estimate of drug-likeness (QED) is 0.703. The third-order valence-corrected chi connectivity index (χ3v) is 7.72. The maximum Gasteiger partial charge on any atom is 0.410 e. The summed E-state index contributed by atoms with van der Waals surface area (Å²) in [6.45, 7) is 5.93. The maximum absolute atomic E-state index is 13.6. The zero-order chi connectivity index (χ0) is 22.6. The molecule has 1 amide bonds. The summed E-state index contributed by atoms with van der Waals surface area (Å²) in [7, 11) is -4.07. The number of aromatic nitrogens is 1. The van der Waals surface area contributed by atoms with E-state index in [1.807, 2.05) is 0 Å². The van der Waals surface area contributed by atoms with Crippen LogP contribution in [0.3, 0.4) is 0 Å². The average Bonchev–Trinajstić information content (AvgIpc) is 3.27. The number of pyridine rings is 1. The fourth-order valence-corrected chi connectivity index (χ4v) is 6.47. The summed E-state index contributed by atoms with van der Waals surface area (Å²) in [6.07, 6.45) is 0.0169. The number of nitrogens with zero attached hydrogens (tertiary/aromatic N) is 3. The van der Waals surface area contributed by atoms with E-state index < -0.39 is 39.7 Å². The Morgan fingerprint density at radius 1 is 1.16 bits per heavy atom. The van der Waals surface area contributed by atoms with E-state index in [1.54, 1.807) is 31.7 Å². The second-order valence-electron chi connectivity index (χ2n) is 8.89. The molecule has 2 aromatic rings. The highest BCUT2D eigenvalue weighted by molar-refractivity contribution is 7.89.